The molecule has 2 aromatic carbocycles. The molecule has 5 nitrogen and oxygen atoms in total. The lowest BCUT2D eigenvalue weighted by molar-refractivity contribution is 0.377. The molecule has 0 radical (unpaired) electrons. The predicted octanol–water partition coefficient (Wildman–Crippen LogP) is 2.37. The van der Waals surface area contributed by atoms with Gasteiger partial charge in [0.05, 0.1) is 12.5 Å². The number of para-hydroxylation sites is 1. The van der Waals surface area contributed by atoms with Gasteiger partial charge in [-0.05, 0) is 24.3 Å². The Bertz CT molecular complexity index is 848. The quantitative estimate of drug-likeness (QED) is 0.655. The van der Waals surface area contributed by atoms with Gasteiger partial charge in [-0.15, -0.1) is 0 Å². The number of ether oxygens (including phenoxy) is 1. The van der Waals surface area contributed by atoms with Gasteiger partial charge in [-0.25, -0.2) is 0 Å². The van der Waals surface area contributed by atoms with E-state index in [2.05, 4.69) is 0 Å². The molecule has 0 atom stereocenters. The number of fused-ring (bicyclic) bond motifs is 2. The van der Waals surface area contributed by atoms with Crippen LogP contribution in [0, 0.1) is 0 Å². The number of phenolic OH excluding ortho intramolecular Hbond substituents is 2. The van der Waals surface area contributed by atoms with Crippen molar-refractivity contribution in [2.24, 2.45) is 0 Å². The maximum absolute atomic E-state index is 12.4. The zero-order valence-corrected chi connectivity index (χ0v) is 10.0. The van der Waals surface area contributed by atoms with Gasteiger partial charge in [-0.2, -0.15) is 0 Å². The van der Waals surface area contributed by atoms with E-state index in [4.69, 9.17) is 9.15 Å². The zero-order valence-electron chi connectivity index (χ0n) is 10.0. The highest BCUT2D eigenvalue weighted by molar-refractivity contribution is 5.96. The number of aromatic hydroxyl groups is 2. The lowest BCUT2D eigenvalue weighted by atomic mass is 10.1. The lowest BCUT2D eigenvalue weighted by Gasteiger charge is -2.08. The van der Waals surface area contributed by atoms with Crippen LogP contribution in [0.2, 0.25) is 0 Å². The van der Waals surface area contributed by atoms with Crippen LogP contribution in [0.4, 0.5) is 0 Å². The molecule has 0 aliphatic rings. The summed E-state index contributed by atoms with van der Waals surface area (Å²) in [5.41, 5.74) is 0.00120. The molecule has 0 saturated carbocycles. The number of rotatable bonds is 1. The Kier molecular flexibility index (Phi) is 2.35. The van der Waals surface area contributed by atoms with Crippen LogP contribution in [0.3, 0.4) is 0 Å². The molecule has 0 spiro atoms. The second kappa shape index (κ2) is 3.91. The summed E-state index contributed by atoms with van der Waals surface area (Å²) >= 11 is 0. The summed E-state index contributed by atoms with van der Waals surface area (Å²) in [6.45, 7) is 0. The lowest BCUT2D eigenvalue weighted by Crippen LogP contribution is -2.04. The molecule has 96 valence electrons. The van der Waals surface area contributed by atoms with Crippen molar-refractivity contribution in [2.45, 2.75) is 0 Å². The summed E-state index contributed by atoms with van der Waals surface area (Å²) < 4.78 is 10.6. The molecule has 5 heteroatoms. The highest BCUT2D eigenvalue weighted by Gasteiger charge is 2.16. The third kappa shape index (κ3) is 1.52. The molecule has 2 N–H and O–H groups in total. The Morgan fingerprint density at radius 3 is 2.63 bits per heavy atom. The van der Waals surface area contributed by atoms with Crippen molar-refractivity contribution < 1.29 is 19.4 Å². The van der Waals surface area contributed by atoms with E-state index in [0.29, 0.717) is 0 Å². The molecule has 0 fully saturated rings. The first-order chi connectivity index (χ1) is 9.13. The van der Waals surface area contributed by atoms with Crippen LogP contribution in [0.25, 0.3) is 21.9 Å². The van der Waals surface area contributed by atoms with Gasteiger partial charge >= 0.3 is 0 Å². The number of phenols is 2. The fourth-order valence-corrected chi connectivity index (χ4v) is 2.12. The van der Waals surface area contributed by atoms with Crippen molar-refractivity contribution in [2.75, 3.05) is 7.11 Å². The Balaban J connectivity index is 2.62. The monoisotopic (exact) mass is 258 g/mol. The minimum atomic E-state index is -0.361. The highest BCUT2D eigenvalue weighted by atomic mass is 16.5. The van der Waals surface area contributed by atoms with Crippen LogP contribution in [0.1, 0.15) is 0 Å². The van der Waals surface area contributed by atoms with Gasteiger partial charge in [-0.1, -0.05) is 6.07 Å². The fourth-order valence-electron chi connectivity index (χ4n) is 2.12. The van der Waals surface area contributed by atoms with Crippen molar-refractivity contribution >= 4 is 21.9 Å². The minimum absolute atomic E-state index is 0.0662. The normalized spacial score (nSPS) is 11.0. The Morgan fingerprint density at radius 2 is 1.89 bits per heavy atom. The zero-order chi connectivity index (χ0) is 13.6. The molecule has 0 saturated heterocycles. The average Bonchev–Trinajstić information content (AvgIpc) is 2.41. The molecular weight excluding hydrogens is 248 g/mol. The second-order valence-electron chi connectivity index (χ2n) is 4.08. The summed E-state index contributed by atoms with van der Waals surface area (Å²) in [6.07, 6.45) is 0. The van der Waals surface area contributed by atoms with Gasteiger partial charge in [0.15, 0.2) is 22.8 Å². The largest absolute Gasteiger partial charge is 0.504 e. The van der Waals surface area contributed by atoms with Crippen LogP contribution >= 0.6 is 0 Å². The van der Waals surface area contributed by atoms with E-state index < -0.39 is 0 Å². The van der Waals surface area contributed by atoms with E-state index in [0.717, 1.165) is 0 Å². The van der Waals surface area contributed by atoms with Crippen LogP contribution in [0.5, 0.6) is 17.2 Å². The molecule has 0 aliphatic heterocycles. The number of benzene rings is 2. The summed E-state index contributed by atoms with van der Waals surface area (Å²) in [7, 11) is 1.36. The van der Waals surface area contributed by atoms with Gasteiger partial charge < -0.3 is 19.4 Å². The third-order valence-electron chi connectivity index (χ3n) is 2.98. The van der Waals surface area contributed by atoms with Crippen LogP contribution in [0.15, 0.2) is 39.5 Å². The first kappa shape index (κ1) is 11.4. The maximum Gasteiger partial charge on any atom is 0.204 e. The van der Waals surface area contributed by atoms with E-state index in [1.807, 2.05) is 0 Å². The van der Waals surface area contributed by atoms with E-state index in [1.54, 1.807) is 12.1 Å². The number of methoxy groups -OCH3 is 1. The fraction of sp³-hybridized carbons (Fsp3) is 0.0714. The molecule has 0 bridgehead atoms. The summed E-state index contributed by atoms with van der Waals surface area (Å²) in [5, 5.41) is 19.8. The standard InChI is InChI=1S/C14H10O5/c1-18-14-9(16)5-6-10-11(14)12(17)7-3-2-4-8(15)13(7)19-10/h2-6,15-16H,1H3. The number of hydrogen-bond acceptors (Lipinski definition) is 5. The Morgan fingerprint density at radius 1 is 1.11 bits per heavy atom. The molecule has 3 rings (SSSR count). The van der Waals surface area contributed by atoms with Gasteiger partial charge in [0.25, 0.3) is 0 Å². The molecule has 0 unspecified atom stereocenters. The first-order valence-corrected chi connectivity index (χ1v) is 5.58. The van der Waals surface area contributed by atoms with Gasteiger partial charge in [0, 0.05) is 0 Å². The summed E-state index contributed by atoms with van der Waals surface area (Å²) in [4.78, 5) is 12.4. The van der Waals surface area contributed by atoms with Crippen molar-refractivity contribution in [1.82, 2.24) is 0 Å². The van der Waals surface area contributed by atoms with E-state index in [9.17, 15) is 15.0 Å². The van der Waals surface area contributed by atoms with Crippen molar-refractivity contribution in [3.05, 3.63) is 40.6 Å². The SMILES string of the molecule is COc1c(O)ccc2oc3c(O)cccc3c(=O)c12. The van der Waals surface area contributed by atoms with Gasteiger partial charge in [0.2, 0.25) is 5.43 Å². The van der Waals surface area contributed by atoms with E-state index in [1.165, 1.54) is 25.3 Å². The highest BCUT2D eigenvalue weighted by Crippen LogP contribution is 2.35. The van der Waals surface area contributed by atoms with Crippen LogP contribution < -0.4 is 10.2 Å². The van der Waals surface area contributed by atoms with Crippen molar-refractivity contribution in [3.8, 4) is 17.2 Å². The van der Waals surface area contributed by atoms with Gasteiger partial charge in [0.1, 0.15) is 11.0 Å². The molecule has 1 aromatic heterocycles. The predicted molar refractivity (Wildman–Crippen MR) is 69.9 cm³/mol. The first-order valence-electron chi connectivity index (χ1n) is 5.58. The summed E-state index contributed by atoms with van der Waals surface area (Å²) in [6, 6.07) is 7.37. The maximum atomic E-state index is 12.4. The number of hydrogen-bond donors (Lipinski definition) is 2. The van der Waals surface area contributed by atoms with Crippen LogP contribution in [-0.2, 0) is 0 Å². The smallest absolute Gasteiger partial charge is 0.204 e. The molecule has 0 aliphatic carbocycles. The Labute approximate surface area is 107 Å². The molecule has 0 amide bonds. The Hall–Kier alpha value is -2.69. The molecule has 3 aromatic rings. The van der Waals surface area contributed by atoms with Crippen molar-refractivity contribution in [1.29, 1.82) is 0 Å². The summed E-state index contributed by atoms with van der Waals surface area (Å²) in [5.74, 6) is -0.179. The molecule has 19 heavy (non-hydrogen) atoms. The molecular formula is C14H10O5. The average molecular weight is 258 g/mol. The van der Waals surface area contributed by atoms with E-state index in [-0.39, 0.29) is 44.6 Å². The van der Waals surface area contributed by atoms with E-state index >= 15 is 0 Å². The van der Waals surface area contributed by atoms with Crippen LogP contribution in [-0.4, -0.2) is 17.3 Å². The third-order valence-corrected chi connectivity index (χ3v) is 2.98. The second-order valence-corrected chi connectivity index (χ2v) is 4.08. The topological polar surface area (TPSA) is 79.9 Å². The minimum Gasteiger partial charge on any atom is -0.504 e. The van der Waals surface area contributed by atoms with Crippen molar-refractivity contribution in [3.63, 3.8) is 0 Å². The molecule has 1 heterocycles. The van der Waals surface area contributed by atoms with Gasteiger partial charge in [-0.3, -0.25) is 4.79 Å².